The smallest absolute Gasteiger partial charge is 0.254 e. The van der Waals surface area contributed by atoms with E-state index in [0.717, 1.165) is 17.1 Å². The van der Waals surface area contributed by atoms with Crippen LogP contribution < -0.4 is 0 Å². The van der Waals surface area contributed by atoms with Crippen LogP contribution in [0.1, 0.15) is 21.8 Å². The van der Waals surface area contributed by atoms with Gasteiger partial charge in [-0.3, -0.25) is 9.36 Å². The van der Waals surface area contributed by atoms with Crippen molar-refractivity contribution in [2.75, 3.05) is 20.2 Å². The number of carbonyl (C=O) groups is 1. The van der Waals surface area contributed by atoms with E-state index in [1.54, 1.807) is 24.3 Å². The predicted octanol–water partition coefficient (Wildman–Crippen LogP) is 1.89. The average molecular weight is 367 g/mol. The molecule has 4 rings (SSSR count). The Labute approximate surface area is 156 Å². The summed E-state index contributed by atoms with van der Waals surface area (Å²) in [6.07, 6.45) is 3.88. The van der Waals surface area contributed by atoms with Crippen LogP contribution >= 0.6 is 0 Å². The first kappa shape index (κ1) is 17.4. The molecule has 1 aromatic carbocycles. The van der Waals surface area contributed by atoms with E-state index < -0.39 is 0 Å². The molecule has 2 atom stereocenters. The lowest BCUT2D eigenvalue weighted by atomic mass is 10.0. The lowest BCUT2D eigenvalue weighted by Crippen LogP contribution is -2.30. The van der Waals surface area contributed by atoms with Gasteiger partial charge in [0, 0.05) is 49.9 Å². The van der Waals surface area contributed by atoms with Gasteiger partial charge in [-0.2, -0.15) is 0 Å². The SMILES string of the molecule is CO[C@H]1CN(C(=O)c2cccc(-n3cnnc3)c2)C[C@H]1Cc1cc(C)no1. The lowest BCUT2D eigenvalue weighted by Gasteiger charge is -2.16. The van der Waals surface area contributed by atoms with Crippen molar-refractivity contribution in [3.63, 3.8) is 0 Å². The van der Waals surface area contributed by atoms with Crippen LogP contribution in [0, 0.1) is 12.8 Å². The number of hydrogen-bond donors (Lipinski definition) is 0. The molecule has 8 heteroatoms. The van der Waals surface area contributed by atoms with E-state index in [1.165, 1.54) is 0 Å². The van der Waals surface area contributed by atoms with Crippen molar-refractivity contribution < 1.29 is 14.1 Å². The van der Waals surface area contributed by atoms with Gasteiger partial charge in [0.25, 0.3) is 5.91 Å². The minimum absolute atomic E-state index is 0.0109. The first-order chi connectivity index (χ1) is 13.1. The molecule has 3 heterocycles. The van der Waals surface area contributed by atoms with Gasteiger partial charge in [-0.05, 0) is 25.1 Å². The summed E-state index contributed by atoms with van der Waals surface area (Å²) in [7, 11) is 1.68. The van der Waals surface area contributed by atoms with Gasteiger partial charge in [0.1, 0.15) is 18.4 Å². The highest BCUT2D eigenvalue weighted by Crippen LogP contribution is 2.26. The van der Waals surface area contributed by atoms with E-state index in [9.17, 15) is 4.79 Å². The van der Waals surface area contributed by atoms with Crippen molar-refractivity contribution >= 4 is 5.91 Å². The number of amides is 1. The molecule has 1 amide bonds. The molecule has 1 aliphatic heterocycles. The number of benzene rings is 1. The van der Waals surface area contributed by atoms with E-state index >= 15 is 0 Å². The van der Waals surface area contributed by atoms with Gasteiger partial charge < -0.3 is 14.2 Å². The Morgan fingerprint density at radius 1 is 1.26 bits per heavy atom. The molecule has 0 saturated carbocycles. The molecule has 0 bridgehead atoms. The van der Waals surface area contributed by atoms with Crippen LogP contribution in [0.15, 0.2) is 47.5 Å². The summed E-state index contributed by atoms with van der Waals surface area (Å²) in [5.41, 5.74) is 2.34. The summed E-state index contributed by atoms with van der Waals surface area (Å²) in [5.74, 6) is 0.985. The Morgan fingerprint density at radius 3 is 2.78 bits per heavy atom. The van der Waals surface area contributed by atoms with Crippen LogP contribution in [0.3, 0.4) is 0 Å². The Kier molecular flexibility index (Phi) is 4.72. The second-order valence-electron chi connectivity index (χ2n) is 6.80. The zero-order chi connectivity index (χ0) is 18.8. The van der Waals surface area contributed by atoms with Gasteiger partial charge in [0.2, 0.25) is 0 Å². The highest BCUT2D eigenvalue weighted by molar-refractivity contribution is 5.95. The summed E-state index contributed by atoms with van der Waals surface area (Å²) >= 11 is 0. The van der Waals surface area contributed by atoms with Crippen LogP contribution in [0.25, 0.3) is 5.69 Å². The standard InChI is InChI=1S/C19H21N5O3/c1-13-6-17(27-22-13)8-15-9-23(10-18(15)26-2)19(25)14-4-3-5-16(7-14)24-11-20-21-12-24/h3-7,11-12,15,18H,8-10H2,1-2H3/t15-,18+/m1/s1. The van der Waals surface area contributed by atoms with Gasteiger partial charge >= 0.3 is 0 Å². The maximum absolute atomic E-state index is 13.0. The number of hydrogen-bond acceptors (Lipinski definition) is 6. The zero-order valence-electron chi connectivity index (χ0n) is 15.3. The van der Waals surface area contributed by atoms with E-state index in [0.29, 0.717) is 25.1 Å². The average Bonchev–Trinajstić information content (AvgIpc) is 3.43. The van der Waals surface area contributed by atoms with Gasteiger partial charge in [0.05, 0.1) is 11.8 Å². The monoisotopic (exact) mass is 367 g/mol. The normalized spacial score (nSPS) is 19.6. The molecule has 8 nitrogen and oxygen atoms in total. The van der Waals surface area contributed by atoms with Crippen molar-refractivity contribution in [1.82, 2.24) is 24.8 Å². The third-order valence-electron chi connectivity index (χ3n) is 4.92. The molecule has 1 fully saturated rings. The second kappa shape index (κ2) is 7.32. The number of nitrogens with zero attached hydrogens (tertiary/aromatic N) is 5. The largest absolute Gasteiger partial charge is 0.379 e. The van der Waals surface area contributed by atoms with Crippen LogP contribution in [0.4, 0.5) is 0 Å². The molecule has 140 valence electrons. The molecule has 0 aliphatic carbocycles. The van der Waals surface area contributed by atoms with Crippen molar-refractivity contribution in [3.8, 4) is 5.69 Å². The molecule has 0 unspecified atom stereocenters. The lowest BCUT2D eigenvalue weighted by molar-refractivity contribution is 0.0672. The van der Waals surface area contributed by atoms with Crippen LogP contribution in [-0.4, -0.2) is 57.0 Å². The molecule has 0 radical (unpaired) electrons. The van der Waals surface area contributed by atoms with Crippen LogP contribution in [-0.2, 0) is 11.2 Å². The number of methoxy groups -OCH3 is 1. The Bertz CT molecular complexity index is 921. The quantitative estimate of drug-likeness (QED) is 0.684. The summed E-state index contributed by atoms with van der Waals surface area (Å²) in [4.78, 5) is 14.9. The highest BCUT2D eigenvalue weighted by Gasteiger charge is 2.36. The molecule has 0 N–H and O–H groups in total. The minimum atomic E-state index is -0.0274. The van der Waals surface area contributed by atoms with E-state index in [4.69, 9.17) is 9.26 Å². The minimum Gasteiger partial charge on any atom is -0.379 e. The second-order valence-corrected chi connectivity index (χ2v) is 6.80. The third-order valence-corrected chi connectivity index (χ3v) is 4.92. The Hall–Kier alpha value is -3.00. The zero-order valence-corrected chi connectivity index (χ0v) is 15.3. The molecule has 0 spiro atoms. The molecular formula is C19H21N5O3. The van der Waals surface area contributed by atoms with Crippen molar-refractivity contribution in [3.05, 3.63) is 60.0 Å². The third kappa shape index (κ3) is 3.61. The van der Waals surface area contributed by atoms with E-state index in [1.807, 2.05) is 42.2 Å². The van der Waals surface area contributed by atoms with Gasteiger partial charge in [-0.25, -0.2) is 0 Å². The van der Waals surface area contributed by atoms with Gasteiger partial charge in [0.15, 0.2) is 0 Å². The fourth-order valence-corrected chi connectivity index (χ4v) is 3.56. The fraction of sp³-hybridized carbons (Fsp3) is 0.368. The molecule has 3 aromatic rings. The highest BCUT2D eigenvalue weighted by atomic mass is 16.5. The Morgan fingerprint density at radius 2 is 2.07 bits per heavy atom. The van der Waals surface area contributed by atoms with Crippen LogP contribution in [0.5, 0.6) is 0 Å². The maximum Gasteiger partial charge on any atom is 0.254 e. The molecule has 1 saturated heterocycles. The van der Waals surface area contributed by atoms with Crippen molar-refractivity contribution in [2.45, 2.75) is 19.4 Å². The van der Waals surface area contributed by atoms with E-state index in [-0.39, 0.29) is 17.9 Å². The summed E-state index contributed by atoms with van der Waals surface area (Å²) in [6, 6.07) is 9.38. The number of rotatable bonds is 5. The molecule has 1 aliphatic rings. The topological polar surface area (TPSA) is 86.3 Å². The molecule has 27 heavy (non-hydrogen) atoms. The summed E-state index contributed by atoms with van der Waals surface area (Å²) < 4.78 is 12.7. The van der Waals surface area contributed by atoms with Gasteiger partial charge in [-0.1, -0.05) is 11.2 Å². The molecule has 2 aromatic heterocycles. The van der Waals surface area contributed by atoms with Crippen LogP contribution in [0.2, 0.25) is 0 Å². The van der Waals surface area contributed by atoms with Crippen molar-refractivity contribution in [2.24, 2.45) is 5.92 Å². The van der Waals surface area contributed by atoms with Crippen molar-refractivity contribution in [1.29, 1.82) is 0 Å². The number of aryl methyl sites for hydroxylation is 1. The first-order valence-corrected chi connectivity index (χ1v) is 8.83. The number of carbonyl (C=O) groups excluding carboxylic acids is 1. The van der Waals surface area contributed by atoms with E-state index in [2.05, 4.69) is 15.4 Å². The maximum atomic E-state index is 13.0. The summed E-state index contributed by atoms with van der Waals surface area (Å²) in [6.45, 7) is 3.08. The first-order valence-electron chi connectivity index (χ1n) is 8.83. The summed E-state index contributed by atoms with van der Waals surface area (Å²) in [5, 5.41) is 11.6. The Balaban J connectivity index is 1.50. The van der Waals surface area contributed by atoms with Gasteiger partial charge in [-0.15, -0.1) is 10.2 Å². The fourth-order valence-electron chi connectivity index (χ4n) is 3.56. The predicted molar refractivity (Wildman–Crippen MR) is 96.5 cm³/mol. The molecular weight excluding hydrogens is 346 g/mol. The number of ether oxygens (including phenoxy) is 1. The number of likely N-dealkylation sites (tertiary alicyclic amines) is 1. The number of aromatic nitrogens is 4.